The van der Waals surface area contributed by atoms with Gasteiger partial charge in [-0.2, -0.15) is 0 Å². The van der Waals surface area contributed by atoms with Crippen LogP contribution in [0.15, 0.2) is 36.5 Å². The van der Waals surface area contributed by atoms with Crippen LogP contribution in [0.3, 0.4) is 0 Å². The number of carbonyl (C=O) groups excluding carboxylic acids is 1. The van der Waals surface area contributed by atoms with Gasteiger partial charge in [-0.1, -0.05) is 58.2 Å². The zero-order valence-corrected chi connectivity index (χ0v) is 23.8. The van der Waals surface area contributed by atoms with Gasteiger partial charge < -0.3 is 9.88 Å². The van der Waals surface area contributed by atoms with Crippen molar-refractivity contribution < 1.29 is 4.79 Å². The predicted octanol–water partition coefficient (Wildman–Crippen LogP) is 8.43. The number of piperidine rings is 1. The molecule has 1 aromatic heterocycles. The average molecular weight is 501 g/mol. The van der Waals surface area contributed by atoms with E-state index >= 15 is 0 Å². The molecular weight excluding hydrogens is 452 g/mol. The van der Waals surface area contributed by atoms with Gasteiger partial charge in [-0.05, 0) is 117 Å². The second-order valence-corrected chi connectivity index (χ2v) is 11.3. The van der Waals surface area contributed by atoms with Gasteiger partial charge in [-0.15, -0.1) is 0 Å². The molecule has 3 nitrogen and oxygen atoms in total. The number of aryl methyl sites for hydroxylation is 1. The zero-order chi connectivity index (χ0) is 26.2. The second-order valence-electron chi connectivity index (χ2n) is 11.3. The van der Waals surface area contributed by atoms with Crippen LogP contribution < -0.4 is 0 Å². The van der Waals surface area contributed by atoms with E-state index in [1.165, 1.54) is 71.7 Å². The molecule has 1 aliphatic rings. The molecule has 0 bridgehead atoms. The zero-order valence-electron chi connectivity index (χ0n) is 23.8. The van der Waals surface area contributed by atoms with Gasteiger partial charge in [0.1, 0.15) is 0 Å². The number of fused-ring (bicyclic) bond motifs is 1. The van der Waals surface area contributed by atoms with Crippen LogP contribution in [0.5, 0.6) is 0 Å². The van der Waals surface area contributed by atoms with E-state index in [1.807, 2.05) is 0 Å². The standard InChI is InChI=1S/C34H48N2O/c1-5-8-11-26-15-16-30(29(13-10-7-3)28(26)12-9-6-2)34(37)23-25-14-17-33-31(22-25)32(24-35-33)27-18-20-36(4)21-19-27/h14-17,22,24,27,35H,5-13,18-21,23H2,1-4H3. The van der Waals surface area contributed by atoms with Crippen LogP contribution in [-0.2, 0) is 25.7 Å². The Balaban J connectivity index is 1.62. The molecule has 4 rings (SSSR count). The van der Waals surface area contributed by atoms with Crippen molar-refractivity contribution >= 4 is 16.7 Å². The molecule has 0 spiro atoms. The Bertz CT molecular complexity index is 1170. The van der Waals surface area contributed by atoms with Crippen molar-refractivity contribution in [1.82, 2.24) is 9.88 Å². The van der Waals surface area contributed by atoms with Gasteiger partial charge in [0.2, 0.25) is 0 Å². The van der Waals surface area contributed by atoms with E-state index in [0.29, 0.717) is 12.3 Å². The molecule has 0 unspecified atom stereocenters. The first-order valence-corrected chi connectivity index (χ1v) is 15.0. The van der Waals surface area contributed by atoms with Crippen molar-refractivity contribution in [2.75, 3.05) is 20.1 Å². The third-order valence-corrected chi connectivity index (χ3v) is 8.49. The maximum atomic E-state index is 13.8. The van der Waals surface area contributed by atoms with Crippen LogP contribution >= 0.6 is 0 Å². The number of rotatable bonds is 13. The third kappa shape index (κ3) is 6.74. The molecule has 0 radical (unpaired) electrons. The molecule has 0 aliphatic carbocycles. The highest BCUT2D eigenvalue weighted by molar-refractivity contribution is 6.00. The van der Waals surface area contributed by atoms with Gasteiger partial charge in [-0.25, -0.2) is 0 Å². The molecule has 2 aromatic carbocycles. The minimum Gasteiger partial charge on any atom is -0.361 e. The Morgan fingerprint density at radius 3 is 2.27 bits per heavy atom. The lowest BCUT2D eigenvalue weighted by molar-refractivity contribution is 0.0992. The quantitative estimate of drug-likeness (QED) is 0.239. The number of Topliss-reactive ketones (excluding diaryl/α,β-unsaturated/α-hetero) is 1. The van der Waals surface area contributed by atoms with Crippen LogP contribution in [0.4, 0.5) is 0 Å². The number of H-pyrrole nitrogens is 1. The molecule has 1 saturated heterocycles. The molecule has 3 heteroatoms. The van der Waals surface area contributed by atoms with Gasteiger partial charge in [0.15, 0.2) is 5.78 Å². The Hall–Kier alpha value is -2.39. The lowest BCUT2D eigenvalue weighted by Gasteiger charge is -2.28. The fourth-order valence-corrected chi connectivity index (χ4v) is 6.15. The van der Waals surface area contributed by atoms with Crippen molar-refractivity contribution in [1.29, 1.82) is 0 Å². The maximum absolute atomic E-state index is 13.8. The number of benzene rings is 2. The van der Waals surface area contributed by atoms with Crippen molar-refractivity contribution in [3.8, 4) is 0 Å². The minimum atomic E-state index is 0.279. The summed E-state index contributed by atoms with van der Waals surface area (Å²) in [5, 5.41) is 1.31. The summed E-state index contributed by atoms with van der Waals surface area (Å²) in [7, 11) is 2.22. The Morgan fingerprint density at radius 2 is 1.57 bits per heavy atom. The molecule has 0 saturated carbocycles. The number of hydrogen-bond donors (Lipinski definition) is 1. The monoisotopic (exact) mass is 500 g/mol. The highest BCUT2D eigenvalue weighted by Gasteiger charge is 2.22. The average Bonchev–Trinajstić information content (AvgIpc) is 3.33. The van der Waals surface area contributed by atoms with Crippen LogP contribution in [0.25, 0.3) is 10.9 Å². The highest BCUT2D eigenvalue weighted by Crippen LogP contribution is 2.34. The van der Waals surface area contributed by atoms with E-state index in [1.54, 1.807) is 0 Å². The van der Waals surface area contributed by atoms with Crippen molar-refractivity contribution in [2.24, 2.45) is 0 Å². The molecular formula is C34H48N2O. The van der Waals surface area contributed by atoms with Gasteiger partial charge in [0.25, 0.3) is 0 Å². The number of unbranched alkanes of at least 4 members (excludes halogenated alkanes) is 3. The number of likely N-dealkylation sites (tertiary alicyclic amines) is 1. The van der Waals surface area contributed by atoms with Gasteiger partial charge in [0, 0.05) is 29.1 Å². The number of hydrogen-bond acceptors (Lipinski definition) is 2. The molecule has 1 N–H and O–H groups in total. The number of aromatic amines is 1. The molecule has 2 heterocycles. The van der Waals surface area contributed by atoms with E-state index < -0.39 is 0 Å². The molecule has 1 aliphatic heterocycles. The molecule has 37 heavy (non-hydrogen) atoms. The first-order chi connectivity index (χ1) is 18.0. The summed E-state index contributed by atoms with van der Waals surface area (Å²) in [5.41, 5.74) is 9.06. The molecule has 3 aromatic rings. The summed E-state index contributed by atoms with van der Waals surface area (Å²) in [6, 6.07) is 11.0. The molecule has 0 atom stereocenters. The summed E-state index contributed by atoms with van der Waals surface area (Å²) < 4.78 is 0. The fourth-order valence-electron chi connectivity index (χ4n) is 6.15. The topological polar surface area (TPSA) is 36.1 Å². The van der Waals surface area contributed by atoms with Gasteiger partial charge in [0.05, 0.1) is 0 Å². The first kappa shape index (κ1) is 27.6. The second kappa shape index (κ2) is 13.4. The van der Waals surface area contributed by atoms with Crippen LogP contribution in [0, 0.1) is 0 Å². The molecule has 200 valence electrons. The van der Waals surface area contributed by atoms with E-state index in [4.69, 9.17) is 0 Å². The summed E-state index contributed by atoms with van der Waals surface area (Å²) in [5.74, 6) is 0.884. The Kier molecular flexibility index (Phi) is 10.0. The minimum absolute atomic E-state index is 0.279. The number of ketones is 1. The van der Waals surface area contributed by atoms with E-state index in [2.05, 4.69) is 74.2 Å². The SMILES string of the molecule is CCCCc1ccc(C(=O)Cc2ccc3[nH]cc(C4CCN(C)CC4)c3c2)c(CCCC)c1CCCC. The van der Waals surface area contributed by atoms with Crippen LogP contribution in [0.2, 0.25) is 0 Å². The maximum Gasteiger partial charge on any atom is 0.167 e. The number of nitrogens with one attached hydrogen (secondary N) is 1. The third-order valence-electron chi connectivity index (χ3n) is 8.49. The lowest BCUT2D eigenvalue weighted by Crippen LogP contribution is -2.29. The van der Waals surface area contributed by atoms with Crippen LogP contribution in [-0.4, -0.2) is 35.8 Å². The van der Waals surface area contributed by atoms with Crippen molar-refractivity contribution in [3.63, 3.8) is 0 Å². The Labute approximate surface area is 225 Å². The normalized spacial score (nSPS) is 15.0. The molecule has 0 amide bonds. The van der Waals surface area contributed by atoms with Crippen molar-refractivity contribution in [2.45, 2.75) is 104 Å². The van der Waals surface area contributed by atoms with E-state index in [-0.39, 0.29) is 5.78 Å². The van der Waals surface area contributed by atoms with Crippen molar-refractivity contribution in [3.05, 3.63) is 69.9 Å². The van der Waals surface area contributed by atoms with E-state index in [9.17, 15) is 4.79 Å². The summed E-state index contributed by atoms with van der Waals surface area (Å²) >= 11 is 0. The van der Waals surface area contributed by atoms with Gasteiger partial charge >= 0.3 is 0 Å². The number of aromatic nitrogens is 1. The predicted molar refractivity (Wildman–Crippen MR) is 158 cm³/mol. The summed E-state index contributed by atoms with van der Waals surface area (Å²) in [6.45, 7) is 9.10. The largest absolute Gasteiger partial charge is 0.361 e. The number of nitrogens with zero attached hydrogens (tertiary/aromatic N) is 1. The summed E-state index contributed by atoms with van der Waals surface area (Å²) in [6.07, 6.45) is 15.5. The highest BCUT2D eigenvalue weighted by atomic mass is 16.1. The van der Waals surface area contributed by atoms with Crippen LogP contribution in [0.1, 0.15) is 116 Å². The van der Waals surface area contributed by atoms with E-state index in [0.717, 1.165) is 56.3 Å². The smallest absolute Gasteiger partial charge is 0.167 e. The first-order valence-electron chi connectivity index (χ1n) is 15.0. The number of carbonyl (C=O) groups is 1. The summed E-state index contributed by atoms with van der Waals surface area (Å²) in [4.78, 5) is 19.8. The van der Waals surface area contributed by atoms with Gasteiger partial charge in [-0.3, -0.25) is 4.79 Å². The molecule has 1 fully saturated rings. The lowest BCUT2D eigenvalue weighted by atomic mass is 9.85. The Morgan fingerprint density at radius 1 is 0.892 bits per heavy atom. The fraction of sp³-hybridized carbons (Fsp3) is 0.559.